The molecule has 0 aromatic carbocycles. The Kier molecular flexibility index (Phi) is 2.20. The molecule has 0 amide bonds. The van der Waals surface area contributed by atoms with Crippen molar-refractivity contribution >= 4 is 24.2 Å². The molecule has 0 saturated carbocycles. The first-order chi connectivity index (χ1) is 6.76. The fraction of sp³-hybridized carbons (Fsp3) is 0.429. The molecule has 7 heteroatoms. The van der Waals surface area contributed by atoms with Gasteiger partial charge in [0, 0.05) is 13.1 Å². The maximum absolute atomic E-state index is 5.97. The lowest BCUT2D eigenvalue weighted by atomic mass is 10.2. The number of fused-ring (bicyclic) bond motifs is 1. The van der Waals surface area contributed by atoms with Crippen molar-refractivity contribution in [3.8, 4) is 0 Å². The number of hydrogen-bond donors (Lipinski definition) is 3. The molecule has 1 atom stereocenters. The molecule has 0 spiro atoms. The Labute approximate surface area is 80.7 Å². The average Bonchev–Trinajstić information content (AvgIpc) is 2.65. The van der Waals surface area contributed by atoms with E-state index in [4.69, 9.17) is 11.5 Å². The molecular weight excluding hydrogens is 182 g/mol. The van der Waals surface area contributed by atoms with Crippen LogP contribution in [0.4, 0.5) is 0 Å². The van der Waals surface area contributed by atoms with Crippen molar-refractivity contribution in [3.63, 3.8) is 0 Å². The first kappa shape index (κ1) is 9.13. The molecular formula is C7H11N7. The second-order valence-corrected chi connectivity index (χ2v) is 2.90. The first-order valence-corrected chi connectivity index (χ1v) is 4.23. The molecule has 2 aliphatic heterocycles. The zero-order chi connectivity index (χ0) is 10.0. The zero-order valence-corrected chi connectivity index (χ0v) is 7.51. The minimum Gasteiger partial charge on any atom is -0.329 e. The van der Waals surface area contributed by atoms with Crippen LogP contribution in [0.5, 0.6) is 0 Å². The van der Waals surface area contributed by atoms with Gasteiger partial charge in [0.1, 0.15) is 18.4 Å². The van der Waals surface area contributed by atoms with Crippen LogP contribution in [-0.4, -0.2) is 43.1 Å². The maximum Gasteiger partial charge on any atom is 0.211 e. The number of amidine groups is 1. The summed E-state index contributed by atoms with van der Waals surface area (Å²) in [5.74, 6) is -0.528. The Morgan fingerprint density at radius 3 is 3.00 bits per heavy atom. The van der Waals surface area contributed by atoms with E-state index in [1.54, 1.807) is 0 Å². The van der Waals surface area contributed by atoms with E-state index in [1.807, 2.05) is 0 Å². The molecule has 0 radical (unpaired) electrons. The van der Waals surface area contributed by atoms with E-state index < -0.39 is 5.79 Å². The quantitative estimate of drug-likeness (QED) is 0.453. The fourth-order valence-electron chi connectivity index (χ4n) is 1.25. The van der Waals surface area contributed by atoms with Gasteiger partial charge in [0.15, 0.2) is 5.84 Å². The van der Waals surface area contributed by atoms with E-state index in [0.717, 1.165) is 0 Å². The topological polar surface area (TPSA) is 114 Å². The van der Waals surface area contributed by atoms with Gasteiger partial charge in [0.25, 0.3) is 0 Å². The van der Waals surface area contributed by atoms with Gasteiger partial charge in [-0.3, -0.25) is 11.1 Å². The van der Waals surface area contributed by atoms with Gasteiger partial charge in [0.05, 0.1) is 0 Å². The molecule has 0 aromatic heterocycles. The number of nitrogens with zero attached hydrogens (tertiary/aromatic N) is 4. The molecule has 2 heterocycles. The van der Waals surface area contributed by atoms with Gasteiger partial charge < -0.3 is 5.73 Å². The highest BCUT2D eigenvalue weighted by Crippen LogP contribution is 2.11. The van der Waals surface area contributed by atoms with E-state index in [-0.39, 0.29) is 0 Å². The first-order valence-electron chi connectivity index (χ1n) is 4.23. The highest BCUT2D eigenvalue weighted by molar-refractivity contribution is 6.50. The van der Waals surface area contributed by atoms with Gasteiger partial charge in [-0.2, -0.15) is 0 Å². The van der Waals surface area contributed by atoms with Crippen molar-refractivity contribution in [2.24, 2.45) is 31.4 Å². The number of hydrogen-bond acceptors (Lipinski definition) is 7. The number of nitrogens with one attached hydrogen (secondary N) is 1. The SMILES string of the molecule is NCCNC1(N)N=CN=C2N=CN=C21. The molecule has 14 heavy (non-hydrogen) atoms. The fourth-order valence-corrected chi connectivity index (χ4v) is 1.25. The van der Waals surface area contributed by atoms with Gasteiger partial charge in [-0.05, 0) is 0 Å². The lowest BCUT2D eigenvalue weighted by Crippen LogP contribution is -2.61. The van der Waals surface area contributed by atoms with E-state index in [0.29, 0.717) is 24.6 Å². The molecule has 2 rings (SSSR count). The number of rotatable bonds is 3. The predicted molar refractivity (Wildman–Crippen MR) is 55.8 cm³/mol. The summed E-state index contributed by atoms with van der Waals surface area (Å²) in [6.45, 7) is 1.04. The van der Waals surface area contributed by atoms with Crippen molar-refractivity contribution in [1.82, 2.24) is 5.32 Å². The molecule has 0 fully saturated rings. The molecule has 0 bridgehead atoms. The smallest absolute Gasteiger partial charge is 0.211 e. The van der Waals surface area contributed by atoms with Crippen molar-refractivity contribution in [2.45, 2.75) is 5.79 Å². The van der Waals surface area contributed by atoms with Crippen molar-refractivity contribution in [2.75, 3.05) is 13.1 Å². The summed E-state index contributed by atoms with van der Waals surface area (Å²) in [5.41, 5.74) is 11.9. The molecule has 0 aliphatic carbocycles. The summed E-state index contributed by atoms with van der Waals surface area (Å²) in [6.07, 6.45) is 2.79. The van der Waals surface area contributed by atoms with Crippen LogP contribution in [0.2, 0.25) is 0 Å². The van der Waals surface area contributed by atoms with Crippen LogP contribution in [-0.2, 0) is 0 Å². The average molecular weight is 193 g/mol. The van der Waals surface area contributed by atoms with Crippen molar-refractivity contribution < 1.29 is 0 Å². The highest BCUT2D eigenvalue weighted by atomic mass is 15.3. The molecule has 5 N–H and O–H groups in total. The Morgan fingerprint density at radius 2 is 2.21 bits per heavy atom. The van der Waals surface area contributed by atoms with Crippen molar-refractivity contribution in [1.29, 1.82) is 0 Å². The van der Waals surface area contributed by atoms with E-state index in [9.17, 15) is 0 Å². The van der Waals surface area contributed by atoms with Crippen LogP contribution in [0.15, 0.2) is 20.0 Å². The van der Waals surface area contributed by atoms with Crippen molar-refractivity contribution in [3.05, 3.63) is 0 Å². The predicted octanol–water partition coefficient (Wildman–Crippen LogP) is -1.93. The number of nitrogens with two attached hydrogens (primary N) is 2. The lowest BCUT2D eigenvalue weighted by Gasteiger charge is -2.27. The third-order valence-electron chi connectivity index (χ3n) is 1.92. The molecule has 0 aromatic rings. The summed E-state index contributed by atoms with van der Waals surface area (Å²) in [6, 6.07) is 0. The van der Waals surface area contributed by atoms with Gasteiger partial charge in [-0.15, -0.1) is 0 Å². The van der Waals surface area contributed by atoms with Gasteiger partial charge >= 0.3 is 0 Å². The monoisotopic (exact) mass is 193 g/mol. The summed E-state index contributed by atoms with van der Waals surface area (Å²) in [7, 11) is 0. The standard InChI is InChI=1S/C7H11N7/c8-1-2-13-7(9)5-6(11-3-10-5)12-4-14-7/h3-4,13H,1-2,8-9H2. The second-order valence-electron chi connectivity index (χ2n) is 2.90. The van der Waals surface area contributed by atoms with Crippen LogP contribution < -0.4 is 16.8 Å². The molecule has 7 nitrogen and oxygen atoms in total. The third kappa shape index (κ3) is 1.37. The van der Waals surface area contributed by atoms with Crippen LogP contribution in [0, 0.1) is 0 Å². The maximum atomic E-state index is 5.97. The molecule has 2 aliphatic rings. The zero-order valence-electron chi connectivity index (χ0n) is 7.51. The molecule has 0 saturated heterocycles. The van der Waals surface area contributed by atoms with Gasteiger partial charge in [-0.25, -0.2) is 20.0 Å². The summed E-state index contributed by atoms with van der Waals surface area (Å²) in [4.78, 5) is 15.9. The van der Waals surface area contributed by atoms with E-state index in [2.05, 4.69) is 25.3 Å². The Bertz CT molecular complexity index is 353. The number of aliphatic imine (C=N–C) groups is 4. The summed E-state index contributed by atoms with van der Waals surface area (Å²) in [5, 5.41) is 2.98. The second kappa shape index (κ2) is 3.37. The minimum atomic E-state index is -1.03. The Hall–Kier alpha value is -1.44. The van der Waals surface area contributed by atoms with Crippen LogP contribution in [0.25, 0.3) is 0 Å². The minimum absolute atomic E-state index is 0.481. The third-order valence-corrected chi connectivity index (χ3v) is 1.92. The van der Waals surface area contributed by atoms with Crippen LogP contribution in [0.1, 0.15) is 0 Å². The van der Waals surface area contributed by atoms with Gasteiger partial charge in [-0.1, -0.05) is 0 Å². The van der Waals surface area contributed by atoms with E-state index >= 15 is 0 Å². The summed E-state index contributed by atoms with van der Waals surface area (Å²) >= 11 is 0. The Morgan fingerprint density at radius 1 is 1.36 bits per heavy atom. The van der Waals surface area contributed by atoms with Crippen LogP contribution in [0.3, 0.4) is 0 Å². The molecule has 74 valence electrons. The summed E-state index contributed by atoms with van der Waals surface area (Å²) < 4.78 is 0. The largest absolute Gasteiger partial charge is 0.329 e. The lowest BCUT2D eigenvalue weighted by molar-refractivity contribution is 0.473. The molecule has 1 unspecified atom stereocenters. The highest BCUT2D eigenvalue weighted by Gasteiger charge is 2.36. The van der Waals surface area contributed by atoms with E-state index in [1.165, 1.54) is 12.7 Å². The van der Waals surface area contributed by atoms with Crippen LogP contribution >= 0.6 is 0 Å². The van der Waals surface area contributed by atoms with Gasteiger partial charge in [0.2, 0.25) is 5.79 Å². The normalized spacial score (nSPS) is 28.7. The Balaban J connectivity index is 2.21.